The van der Waals surface area contributed by atoms with Crippen LogP contribution in [-0.4, -0.2) is 50.7 Å². The number of methoxy groups -OCH3 is 1. The minimum Gasteiger partial charge on any atom is -0.507 e. The highest BCUT2D eigenvalue weighted by molar-refractivity contribution is 7.20. The van der Waals surface area contributed by atoms with Gasteiger partial charge in [0.2, 0.25) is 5.82 Å². The molecule has 15 nitrogen and oxygen atoms in total. The third-order valence-corrected chi connectivity index (χ3v) is 9.41. The Bertz CT molecular complexity index is 2530. The largest absolute Gasteiger partial charge is 0.507 e. The van der Waals surface area contributed by atoms with E-state index in [9.17, 15) is 14.7 Å². The first kappa shape index (κ1) is 32.5. The minimum absolute atomic E-state index is 0.0493. The maximum absolute atomic E-state index is 13.2. The van der Waals surface area contributed by atoms with Crippen LogP contribution in [0.3, 0.4) is 0 Å². The highest BCUT2D eigenvalue weighted by Crippen LogP contribution is 2.45. The molecule has 7 rings (SSSR count). The Balaban J connectivity index is 1.24. The molecule has 0 bridgehead atoms. The van der Waals surface area contributed by atoms with Gasteiger partial charge in [-0.1, -0.05) is 5.11 Å². The fourth-order valence-corrected chi connectivity index (χ4v) is 7.21. The van der Waals surface area contributed by atoms with Crippen molar-refractivity contribution in [1.29, 1.82) is 0 Å². The molecule has 0 unspecified atom stereocenters. The maximum Gasteiger partial charge on any atom is 0.341 e. The second-order valence-corrected chi connectivity index (χ2v) is 13.3. The lowest BCUT2D eigenvalue weighted by Crippen LogP contribution is -2.05. The molecular weight excluding hydrogens is 685 g/mol. The van der Waals surface area contributed by atoms with Crippen LogP contribution in [0.25, 0.3) is 31.3 Å². The van der Waals surface area contributed by atoms with Crippen LogP contribution in [0.2, 0.25) is 0 Å². The molecule has 252 valence electrons. The van der Waals surface area contributed by atoms with Crippen molar-refractivity contribution in [3.05, 3.63) is 69.5 Å². The van der Waals surface area contributed by atoms with Gasteiger partial charge in [0.1, 0.15) is 34.1 Å². The van der Waals surface area contributed by atoms with Crippen molar-refractivity contribution in [2.24, 2.45) is 27.5 Å². The Morgan fingerprint density at radius 2 is 1.62 bits per heavy atom. The van der Waals surface area contributed by atoms with E-state index < -0.39 is 11.9 Å². The van der Waals surface area contributed by atoms with E-state index in [1.54, 1.807) is 44.3 Å². The SMILES string of the molecule is CCOC(=O)c1cc(Oc2ccc3oc(/N=N/c4c(C(=O)OC)cc(O)c5cc(C)sc45)nc3c2)c2cc(C)sc2c1/N=N/c1cnn(C)n1. The molecule has 0 fully saturated rings. The number of carbonyl (C=O) groups is 2. The van der Waals surface area contributed by atoms with Crippen molar-refractivity contribution in [1.82, 2.24) is 20.0 Å². The molecule has 0 aliphatic heterocycles. The van der Waals surface area contributed by atoms with Crippen LogP contribution in [0, 0.1) is 13.8 Å². The van der Waals surface area contributed by atoms with E-state index in [1.807, 2.05) is 19.9 Å². The van der Waals surface area contributed by atoms with E-state index in [1.165, 1.54) is 46.8 Å². The zero-order valence-corrected chi connectivity index (χ0v) is 28.7. The number of oxazole rings is 1. The molecule has 0 radical (unpaired) electrons. The lowest BCUT2D eigenvalue weighted by molar-refractivity contribution is 0.0526. The number of fused-ring (bicyclic) bond motifs is 3. The Labute approximate surface area is 290 Å². The topological polar surface area (TPSA) is 188 Å². The molecule has 7 aromatic rings. The second-order valence-electron chi connectivity index (χ2n) is 10.8. The first-order valence-electron chi connectivity index (χ1n) is 15.0. The summed E-state index contributed by atoms with van der Waals surface area (Å²) in [5, 5.41) is 37.0. The number of hydrogen-bond acceptors (Lipinski definition) is 16. The molecule has 17 heteroatoms. The summed E-state index contributed by atoms with van der Waals surface area (Å²) in [6, 6.07) is 11.6. The summed E-state index contributed by atoms with van der Waals surface area (Å²) in [5.41, 5.74) is 1.60. The van der Waals surface area contributed by atoms with Crippen molar-refractivity contribution in [2.45, 2.75) is 20.8 Å². The van der Waals surface area contributed by atoms with Gasteiger partial charge in [-0.3, -0.25) is 0 Å². The zero-order valence-electron chi connectivity index (χ0n) is 27.1. The summed E-state index contributed by atoms with van der Waals surface area (Å²) in [7, 11) is 2.91. The number of nitrogens with zero attached hydrogens (tertiary/aromatic N) is 8. The molecule has 0 atom stereocenters. The number of carbonyl (C=O) groups excluding carboxylic acids is 2. The number of rotatable bonds is 9. The quantitative estimate of drug-likeness (QED) is 0.112. The molecule has 0 aliphatic rings. The van der Waals surface area contributed by atoms with Crippen molar-refractivity contribution in [2.75, 3.05) is 13.7 Å². The van der Waals surface area contributed by atoms with Crippen molar-refractivity contribution >= 4 is 89.1 Å². The van der Waals surface area contributed by atoms with Crippen molar-refractivity contribution in [3.63, 3.8) is 0 Å². The number of aryl methyl sites for hydroxylation is 3. The zero-order chi connectivity index (χ0) is 35.1. The van der Waals surface area contributed by atoms with Gasteiger partial charge in [0.25, 0.3) is 0 Å². The maximum atomic E-state index is 13.2. The molecule has 4 aromatic heterocycles. The van der Waals surface area contributed by atoms with E-state index in [0.717, 1.165) is 9.75 Å². The smallest absolute Gasteiger partial charge is 0.341 e. The number of benzene rings is 3. The van der Waals surface area contributed by atoms with Crippen molar-refractivity contribution in [3.8, 4) is 17.2 Å². The molecule has 50 heavy (non-hydrogen) atoms. The van der Waals surface area contributed by atoms with Crippen molar-refractivity contribution < 1.29 is 33.3 Å². The van der Waals surface area contributed by atoms with Gasteiger partial charge >= 0.3 is 18.0 Å². The van der Waals surface area contributed by atoms with Gasteiger partial charge in [-0.25, -0.2) is 9.59 Å². The molecule has 0 aliphatic carbocycles. The van der Waals surface area contributed by atoms with Gasteiger partial charge in [-0.15, -0.1) is 43.1 Å². The summed E-state index contributed by atoms with van der Waals surface area (Å²) in [6.07, 6.45) is 1.46. The highest BCUT2D eigenvalue weighted by Gasteiger charge is 2.23. The van der Waals surface area contributed by atoms with Gasteiger partial charge in [0, 0.05) is 33.6 Å². The lowest BCUT2D eigenvalue weighted by Gasteiger charge is -2.11. The van der Waals surface area contributed by atoms with Crippen LogP contribution in [-0.2, 0) is 16.5 Å². The molecule has 4 heterocycles. The third kappa shape index (κ3) is 6.14. The van der Waals surface area contributed by atoms with Crippen LogP contribution >= 0.6 is 22.7 Å². The predicted octanol–water partition coefficient (Wildman–Crippen LogP) is 9.29. The summed E-state index contributed by atoms with van der Waals surface area (Å²) in [5.74, 6) is -0.241. The van der Waals surface area contributed by atoms with E-state index in [0.29, 0.717) is 48.5 Å². The molecule has 0 saturated carbocycles. The third-order valence-electron chi connectivity index (χ3n) is 7.30. The summed E-state index contributed by atoms with van der Waals surface area (Å²) >= 11 is 2.79. The van der Waals surface area contributed by atoms with Gasteiger partial charge < -0.3 is 23.7 Å². The number of esters is 2. The van der Waals surface area contributed by atoms with Crippen LogP contribution in [0.4, 0.5) is 23.2 Å². The average Bonchev–Trinajstić information content (AvgIpc) is 3.88. The Morgan fingerprint density at radius 3 is 2.32 bits per heavy atom. The molecule has 1 N–H and O–H groups in total. The van der Waals surface area contributed by atoms with E-state index >= 15 is 0 Å². The number of thiophene rings is 2. The molecule has 3 aromatic carbocycles. The molecular formula is C33H26N8O7S2. The normalized spacial score (nSPS) is 11.9. The first-order valence-corrected chi connectivity index (χ1v) is 16.6. The second kappa shape index (κ2) is 13.1. The Kier molecular flexibility index (Phi) is 8.50. The lowest BCUT2D eigenvalue weighted by atomic mass is 10.1. The number of ether oxygens (including phenoxy) is 3. The number of hydrogen-bond donors (Lipinski definition) is 1. The monoisotopic (exact) mass is 710 g/mol. The van der Waals surface area contributed by atoms with Gasteiger partial charge in [0.15, 0.2) is 5.58 Å². The number of azo groups is 2. The van der Waals surface area contributed by atoms with Crippen LogP contribution in [0.15, 0.2) is 73.5 Å². The minimum atomic E-state index is -0.677. The van der Waals surface area contributed by atoms with Gasteiger partial charge in [-0.05, 0) is 57.2 Å². The van der Waals surface area contributed by atoms with Crippen LogP contribution < -0.4 is 4.74 Å². The summed E-state index contributed by atoms with van der Waals surface area (Å²) in [4.78, 5) is 33.4. The fourth-order valence-electron chi connectivity index (χ4n) is 5.17. The number of aromatic nitrogens is 4. The highest BCUT2D eigenvalue weighted by atomic mass is 32.1. The molecule has 0 spiro atoms. The first-order chi connectivity index (χ1) is 24.1. The summed E-state index contributed by atoms with van der Waals surface area (Å²) in [6.45, 7) is 5.70. The fraction of sp³-hybridized carbons (Fsp3) is 0.182. The Hall–Kier alpha value is -6.07. The number of aromatic hydroxyl groups is 1. The van der Waals surface area contributed by atoms with Crippen LogP contribution in [0.1, 0.15) is 37.4 Å². The van der Waals surface area contributed by atoms with Crippen LogP contribution in [0.5, 0.6) is 17.2 Å². The molecule has 0 amide bonds. The molecule has 0 saturated heterocycles. The number of phenolic OH excluding ortho intramolecular Hbond substituents is 1. The predicted molar refractivity (Wildman–Crippen MR) is 186 cm³/mol. The van der Waals surface area contributed by atoms with E-state index in [2.05, 4.69) is 35.6 Å². The van der Waals surface area contributed by atoms with E-state index in [4.69, 9.17) is 18.6 Å². The standard InChI is InChI=1S/C33H26N8O7S2/c1-6-46-32(44)21-13-25(19-10-16(3)50-30(19)28(21)37-36-26-14-34-41(4)40-26)47-17-7-8-24-22(11-17)35-33(48-24)39-38-27-20(31(43)45-5)12-23(42)18-9-15(2)49-29(18)27/h7-14,42H,6H2,1-5H3/b37-36+,39-38+. The summed E-state index contributed by atoms with van der Waals surface area (Å²) < 4.78 is 23.7. The van der Waals surface area contributed by atoms with Gasteiger partial charge in [-0.2, -0.15) is 14.9 Å². The van der Waals surface area contributed by atoms with Gasteiger partial charge in [0.05, 0.1) is 40.4 Å². The number of phenols is 1. The van der Waals surface area contributed by atoms with E-state index in [-0.39, 0.29) is 41.0 Å². The Morgan fingerprint density at radius 1 is 0.920 bits per heavy atom. The average molecular weight is 711 g/mol.